The van der Waals surface area contributed by atoms with E-state index in [2.05, 4.69) is 16.6 Å². The van der Waals surface area contributed by atoms with E-state index >= 15 is 0 Å². The van der Waals surface area contributed by atoms with Gasteiger partial charge in [0.05, 0.1) is 17.0 Å². The third-order valence-corrected chi connectivity index (χ3v) is 7.49. The molecule has 6 nitrogen and oxygen atoms in total. The summed E-state index contributed by atoms with van der Waals surface area (Å²) in [6.45, 7) is 3.73. The number of fused-ring (bicyclic) bond motifs is 1. The summed E-state index contributed by atoms with van der Waals surface area (Å²) in [5, 5.41) is 3.22. The van der Waals surface area contributed by atoms with E-state index in [0.29, 0.717) is 39.1 Å². The first-order valence-electron chi connectivity index (χ1n) is 11.6. The molecule has 1 aromatic heterocycles. The van der Waals surface area contributed by atoms with Gasteiger partial charge in [0.1, 0.15) is 17.2 Å². The number of halogens is 1. The average Bonchev–Trinajstić information content (AvgIpc) is 3.63. The lowest BCUT2D eigenvalue weighted by atomic mass is 10.0. The maximum atomic E-state index is 13.5. The van der Waals surface area contributed by atoms with Crippen molar-refractivity contribution in [3.8, 4) is 11.3 Å². The van der Waals surface area contributed by atoms with Gasteiger partial charge < -0.3 is 9.73 Å². The van der Waals surface area contributed by atoms with Gasteiger partial charge in [-0.2, -0.15) is 0 Å². The van der Waals surface area contributed by atoms with Crippen LogP contribution in [0.2, 0.25) is 0 Å². The summed E-state index contributed by atoms with van der Waals surface area (Å²) in [6.07, 6.45) is 3.53. The van der Waals surface area contributed by atoms with E-state index < -0.39 is 15.8 Å². The predicted molar refractivity (Wildman–Crippen MR) is 140 cm³/mol. The highest BCUT2D eigenvalue weighted by Gasteiger charge is 2.31. The van der Waals surface area contributed by atoms with Gasteiger partial charge in [-0.3, -0.25) is 9.52 Å². The molecular weight excluding hydrogens is 479 g/mol. The standard InChI is InChI=1S/C28H25FN2O4S/c1-3-17-5-4-6-18(13-17)16-36(33,34)31-24-15-25-23(14-22(24)19-7-8-19)26(28(32)30-2)27(35-25)20-9-11-21(29)12-10-20/h3-6,9-15,19,31H,1,7-8,16H2,2H3,(H,30,32). The molecule has 36 heavy (non-hydrogen) atoms. The van der Waals surface area contributed by atoms with Crippen LogP contribution in [0.3, 0.4) is 0 Å². The summed E-state index contributed by atoms with van der Waals surface area (Å²) >= 11 is 0. The molecule has 0 aliphatic heterocycles. The van der Waals surface area contributed by atoms with Gasteiger partial charge in [-0.1, -0.05) is 36.9 Å². The van der Waals surface area contributed by atoms with Crippen LogP contribution in [0, 0.1) is 5.82 Å². The van der Waals surface area contributed by atoms with Crippen LogP contribution in [-0.4, -0.2) is 21.4 Å². The summed E-state index contributed by atoms with van der Waals surface area (Å²) in [4.78, 5) is 12.9. The molecule has 0 spiro atoms. The van der Waals surface area contributed by atoms with Crippen molar-refractivity contribution >= 4 is 38.7 Å². The molecule has 1 fully saturated rings. The topological polar surface area (TPSA) is 88.4 Å². The Kier molecular flexibility index (Phi) is 6.14. The first-order chi connectivity index (χ1) is 17.3. The van der Waals surface area contributed by atoms with Crippen LogP contribution in [0.4, 0.5) is 10.1 Å². The zero-order valence-electron chi connectivity index (χ0n) is 19.7. The van der Waals surface area contributed by atoms with E-state index in [1.165, 1.54) is 19.2 Å². The molecule has 0 radical (unpaired) electrons. The van der Waals surface area contributed by atoms with Gasteiger partial charge in [-0.25, -0.2) is 12.8 Å². The van der Waals surface area contributed by atoms with Crippen molar-refractivity contribution in [2.75, 3.05) is 11.8 Å². The van der Waals surface area contributed by atoms with Crippen LogP contribution < -0.4 is 10.0 Å². The summed E-state index contributed by atoms with van der Waals surface area (Å²) in [5.41, 5.74) is 3.99. The van der Waals surface area contributed by atoms with Crippen LogP contribution in [0.5, 0.6) is 0 Å². The van der Waals surface area contributed by atoms with E-state index in [4.69, 9.17) is 4.42 Å². The number of benzene rings is 3. The van der Waals surface area contributed by atoms with Gasteiger partial charge in [-0.05, 0) is 65.8 Å². The van der Waals surface area contributed by atoms with Gasteiger partial charge in [0.2, 0.25) is 10.0 Å². The van der Waals surface area contributed by atoms with Crippen LogP contribution in [0.25, 0.3) is 28.4 Å². The summed E-state index contributed by atoms with van der Waals surface area (Å²) in [5.74, 6) is -0.447. The summed E-state index contributed by atoms with van der Waals surface area (Å²) < 4.78 is 48.6. The van der Waals surface area contributed by atoms with Gasteiger partial charge in [0.25, 0.3) is 5.91 Å². The second-order valence-electron chi connectivity index (χ2n) is 8.91. The fourth-order valence-corrected chi connectivity index (χ4v) is 5.57. The zero-order valence-corrected chi connectivity index (χ0v) is 20.5. The lowest BCUT2D eigenvalue weighted by Gasteiger charge is -2.13. The van der Waals surface area contributed by atoms with Crippen molar-refractivity contribution in [3.05, 3.63) is 95.3 Å². The fraction of sp³-hybridized carbons (Fsp3) is 0.179. The maximum absolute atomic E-state index is 13.5. The number of anilines is 1. The Bertz CT molecular complexity index is 1590. The minimum atomic E-state index is -3.74. The number of carbonyl (C=O) groups excluding carboxylic acids is 1. The molecule has 0 unspecified atom stereocenters. The molecular formula is C28H25FN2O4S. The minimum Gasteiger partial charge on any atom is -0.455 e. The van der Waals surface area contributed by atoms with Crippen molar-refractivity contribution in [3.63, 3.8) is 0 Å². The molecule has 1 amide bonds. The van der Waals surface area contributed by atoms with Crippen LogP contribution in [0.1, 0.15) is 45.8 Å². The number of hydrogen-bond donors (Lipinski definition) is 2. The lowest BCUT2D eigenvalue weighted by molar-refractivity contribution is 0.0964. The number of carbonyl (C=O) groups is 1. The Morgan fingerprint density at radius 2 is 1.89 bits per heavy atom. The number of nitrogens with one attached hydrogen (secondary N) is 2. The minimum absolute atomic E-state index is 0.193. The molecule has 1 heterocycles. The fourth-order valence-electron chi connectivity index (χ4n) is 4.37. The molecule has 2 N–H and O–H groups in total. The van der Waals surface area contributed by atoms with Crippen molar-refractivity contribution in [2.45, 2.75) is 24.5 Å². The molecule has 1 aliphatic rings. The first kappa shape index (κ1) is 23.8. The summed E-state index contributed by atoms with van der Waals surface area (Å²) in [7, 11) is -2.21. The molecule has 1 saturated carbocycles. The molecule has 5 rings (SSSR count). The lowest BCUT2D eigenvalue weighted by Crippen LogP contribution is -2.18. The maximum Gasteiger partial charge on any atom is 0.255 e. The second-order valence-corrected chi connectivity index (χ2v) is 10.6. The van der Waals surface area contributed by atoms with E-state index in [1.54, 1.807) is 42.5 Å². The first-order valence-corrected chi connectivity index (χ1v) is 13.2. The monoisotopic (exact) mass is 504 g/mol. The third kappa shape index (κ3) is 4.77. The van der Waals surface area contributed by atoms with E-state index in [9.17, 15) is 17.6 Å². The van der Waals surface area contributed by atoms with Gasteiger partial charge in [-0.15, -0.1) is 0 Å². The zero-order chi connectivity index (χ0) is 25.4. The third-order valence-electron chi connectivity index (χ3n) is 6.25. The molecule has 184 valence electrons. The number of hydrogen-bond acceptors (Lipinski definition) is 4. The highest BCUT2D eigenvalue weighted by molar-refractivity contribution is 7.91. The average molecular weight is 505 g/mol. The van der Waals surface area contributed by atoms with Crippen LogP contribution in [-0.2, 0) is 15.8 Å². The molecule has 0 saturated heterocycles. The number of amides is 1. The van der Waals surface area contributed by atoms with Gasteiger partial charge >= 0.3 is 0 Å². The van der Waals surface area contributed by atoms with Gasteiger partial charge in [0.15, 0.2) is 0 Å². The largest absolute Gasteiger partial charge is 0.455 e. The van der Waals surface area contributed by atoms with Crippen molar-refractivity contribution < 1.29 is 22.0 Å². The van der Waals surface area contributed by atoms with E-state index in [1.807, 2.05) is 12.1 Å². The Labute approximate surface area is 208 Å². The predicted octanol–water partition coefficient (Wildman–Crippen LogP) is 6.06. The highest BCUT2D eigenvalue weighted by atomic mass is 32.2. The Morgan fingerprint density at radius 3 is 2.56 bits per heavy atom. The van der Waals surface area contributed by atoms with E-state index in [0.717, 1.165) is 24.0 Å². The van der Waals surface area contributed by atoms with Gasteiger partial charge in [0, 0.05) is 24.1 Å². The van der Waals surface area contributed by atoms with Crippen LogP contribution >= 0.6 is 0 Å². The smallest absolute Gasteiger partial charge is 0.255 e. The number of furan rings is 1. The van der Waals surface area contributed by atoms with Crippen molar-refractivity contribution in [2.24, 2.45) is 0 Å². The Morgan fingerprint density at radius 1 is 1.14 bits per heavy atom. The molecule has 0 atom stereocenters. The molecule has 8 heteroatoms. The number of rotatable bonds is 8. The number of sulfonamides is 1. The van der Waals surface area contributed by atoms with Crippen LogP contribution in [0.15, 0.2) is 71.7 Å². The Balaban J connectivity index is 1.59. The molecule has 3 aromatic carbocycles. The van der Waals surface area contributed by atoms with Crippen molar-refractivity contribution in [1.29, 1.82) is 0 Å². The normalized spacial score (nSPS) is 13.5. The SMILES string of the molecule is C=Cc1cccc(CS(=O)(=O)Nc2cc3oc(-c4ccc(F)cc4)c(C(=O)NC)c3cc2C2CC2)c1. The van der Waals surface area contributed by atoms with E-state index in [-0.39, 0.29) is 17.6 Å². The molecule has 4 aromatic rings. The highest BCUT2D eigenvalue weighted by Crippen LogP contribution is 2.47. The molecule has 1 aliphatic carbocycles. The summed E-state index contributed by atoms with van der Waals surface area (Å²) in [6, 6.07) is 16.4. The quantitative estimate of drug-likeness (QED) is 0.305. The second kappa shape index (κ2) is 9.28. The van der Waals surface area contributed by atoms with Crippen molar-refractivity contribution in [1.82, 2.24) is 5.32 Å². The Hall–Kier alpha value is -3.91. The molecule has 0 bridgehead atoms.